The van der Waals surface area contributed by atoms with Crippen LogP contribution in [0.5, 0.6) is 0 Å². The van der Waals surface area contributed by atoms with Crippen molar-refractivity contribution in [1.82, 2.24) is 0 Å². The third kappa shape index (κ3) is 2.38. The van der Waals surface area contributed by atoms with E-state index in [1.165, 1.54) is 6.07 Å². The van der Waals surface area contributed by atoms with Crippen LogP contribution in [0.15, 0.2) is 12.1 Å². The first-order valence-electron chi connectivity index (χ1n) is 6.30. The zero-order valence-corrected chi connectivity index (χ0v) is 10.4. The second-order valence-corrected chi connectivity index (χ2v) is 4.47. The highest BCUT2D eigenvalue weighted by Gasteiger charge is 2.25. The number of aliphatic hydroxyl groups is 1. The molecule has 0 saturated carbocycles. The fraction of sp³-hybridized carbons (Fsp3) is 0.500. The lowest BCUT2D eigenvalue weighted by atomic mass is 9.89. The van der Waals surface area contributed by atoms with Crippen LogP contribution in [0.1, 0.15) is 42.6 Å². The summed E-state index contributed by atoms with van der Waals surface area (Å²) in [4.78, 5) is 11.4. The van der Waals surface area contributed by atoms with Crippen LogP contribution in [0.25, 0.3) is 0 Å². The normalized spacial score (nSPS) is 15.9. The van der Waals surface area contributed by atoms with Gasteiger partial charge in [0.25, 0.3) is 0 Å². The molecule has 18 heavy (non-hydrogen) atoms. The van der Waals surface area contributed by atoms with Gasteiger partial charge in [-0.3, -0.25) is 0 Å². The Hall–Kier alpha value is -1.42. The summed E-state index contributed by atoms with van der Waals surface area (Å²) in [5.74, 6) is -1.25. The number of aliphatic hydroxyl groups excluding tert-OH is 1. The number of esters is 1. The van der Waals surface area contributed by atoms with Crippen LogP contribution in [0.4, 0.5) is 4.39 Å². The number of ether oxygens (including phenoxy) is 1. The molecule has 0 aromatic heterocycles. The summed E-state index contributed by atoms with van der Waals surface area (Å²) in [6.45, 7) is 1.82. The van der Waals surface area contributed by atoms with Gasteiger partial charge in [0.2, 0.25) is 0 Å². The fourth-order valence-corrected chi connectivity index (χ4v) is 2.36. The molecule has 0 amide bonds. The highest BCUT2D eigenvalue weighted by atomic mass is 19.1. The highest BCUT2D eigenvalue weighted by molar-refractivity contribution is 5.76. The third-order valence-corrected chi connectivity index (χ3v) is 3.30. The summed E-state index contributed by atoms with van der Waals surface area (Å²) in [5.41, 5.74) is 1.65. The van der Waals surface area contributed by atoms with E-state index in [4.69, 9.17) is 4.74 Å². The van der Waals surface area contributed by atoms with E-state index < -0.39 is 17.9 Å². The molecule has 0 aliphatic heterocycles. The minimum Gasteiger partial charge on any atom is -0.464 e. The van der Waals surface area contributed by atoms with Gasteiger partial charge in [-0.25, -0.2) is 9.18 Å². The number of carbonyl (C=O) groups excluding carboxylic acids is 1. The molecule has 1 N–H and O–H groups in total. The molecule has 1 aliphatic carbocycles. The molecule has 0 saturated heterocycles. The fourth-order valence-electron chi connectivity index (χ4n) is 2.36. The maximum atomic E-state index is 14.2. The second-order valence-electron chi connectivity index (χ2n) is 4.47. The zero-order chi connectivity index (χ0) is 13.1. The van der Waals surface area contributed by atoms with Gasteiger partial charge in [0.15, 0.2) is 6.10 Å². The van der Waals surface area contributed by atoms with Gasteiger partial charge < -0.3 is 9.84 Å². The standard InChI is InChI=1S/C14H17FO3/c1-2-18-14(17)13(16)11-8-7-9-5-3-4-6-10(9)12(11)15/h7-8,13,16H,2-6H2,1H3. The van der Waals surface area contributed by atoms with Crippen molar-refractivity contribution in [1.29, 1.82) is 0 Å². The zero-order valence-electron chi connectivity index (χ0n) is 10.4. The Balaban J connectivity index is 2.31. The summed E-state index contributed by atoms with van der Waals surface area (Å²) >= 11 is 0. The maximum Gasteiger partial charge on any atom is 0.339 e. The molecule has 0 bridgehead atoms. The number of aryl methyl sites for hydroxylation is 1. The van der Waals surface area contributed by atoms with Crippen LogP contribution >= 0.6 is 0 Å². The molecule has 1 aromatic rings. The Bertz CT molecular complexity index is 457. The molecule has 1 aliphatic rings. The monoisotopic (exact) mass is 252 g/mol. The number of rotatable bonds is 3. The van der Waals surface area contributed by atoms with Crippen molar-refractivity contribution < 1.29 is 19.0 Å². The number of benzene rings is 1. The highest BCUT2D eigenvalue weighted by Crippen LogP contribution is 2.29. The lowest BCUT2D eigenvalue weighted by Gasteiger charge is -2.19. The van der Waals surface area contributed by atoms with Crippen LogP contribution in [-0.4, -0.2) is 17.7 Å². The van der Waals surface area contributed by atoms with E-state index >= 15 is 0 Å². The number of hydrogen-bond acceptors (Lipinski definition) is 3. The van der Waals surface area contributed by atoms with Crippen molar-refractivity contribution in [2.24, 2.45) is 0 Å². The number of carbonyl (C=O) groups is 1. The maximum absolute atomic E-state index is 14.2. The molecule has 4 heteroatoms. The van der Waals surface area contributed by atoms with Crippen LogP contribution in [-0.2, 0) is 22.4 Å². The smallest absolute Gasteiger partial charge is 0.339 e. The van der Waals surface area contributed by atoms with E-state index in [0.717, 1.165) is 24.8 Å². The topological polar surface area (TPSA) is 46.5 Å². The first-order valence-corrected chi connectivity index (χ1v) is 6.30. The van der Waals surface area contributed by atoms with Gasteiger partial charge in [0, 0.05) is 5.56 Å². The summed E-state index contributed by atoms with van der Waals surface area (Å²) in [7, 11) is 0. The second kappa shape index (κ2) is 5.48. The van der Waals surface area contributed by atoms with E-state index in [9.17, 15) is 14.3 Å². The molecule has 1 atom stereocenters. The molecule has 0 heterocycles. The van der Waals surface area contributed by atoms with Crippen molar-refractivity contribution in [2.75, 3.05) is 6.61 Å². The van der Waals surface area contributed by atoms with E-state index in [-0.39, 0.29) is 12.2 Å². The van der Waals surface area contributed by atoms with Crippen molar-refractivity contribution in [3.8, 4) is 0 Å². The molecule has 3 nitrogen and oxygen atoms in total. The van der Waals surface area contributed by atoms with Gasteiger partial charge in [-0.1, -0.05) is 12.1 Å². The predicted octanol–water partition coefficient (Wildman–Crippen LogP) is 2.30. The molecule has 0 spiro atoms. The Morgan fingerprint density at radius 2 is 2.17 bits per heavy atom. The third-order valence-electron chi connectivity index (χ3n) is 3.30. The molecule has 98 valence electrons. The summed E-state index contributed by atoms with van der Waals surface area (Å²) in [6.07, 6.45) is 2.01. The Labute approximate surface area is 106 Å². The molecular weight excluding hydrogens is 235 g/mol. The largest absolute Gasteiger partial charge is 0.464 e. The van der Waals surface area contributed by atoms with Gasteiger partial charge in [0.05, 0.1) is 6.61 Å². The quantitative estimate of drug-likeness (QED) is 0.840. The average molecular weight is 252 g/mol. The summed E-state index contributed by atoms with van der Waals surface area (Å²) in [6, 6.07) is 3.29. The van der Waals surface area contributed by atoms with Gasteiger partial charge in [-0.05, 0) is 43.7 Å². The lowest BCUT2D eigenvalue weighted by molar-refractivity contribution is -0.153. The molecule has 2 rings (SSSR count). The molecule has 1 unspecified atom stereocenters. The van der Waals surface area contributed by atoms with E-state index in [1.807, 2.05) is 0 Å². The molecule has 0 fully saturated rings. The van der Waals surface area contributed by atoms with E-state index in [0.29, 0.717) is 12.0 Å². The van der Waals surface area contributed by atoms with Crippen molar-refractivity contribution >= 4 is 5.97 Å². The lowest BCUT2D eigenvalue weighted by Crippen LogP contribution is -2.18. The Morgan fingerprint density at radius 3 is 2.89 bits per heavy atom. The van der Waals surface area contributed by atoms with Gasteiger partial charge in [-0.15, -0.1) is 0 Å². The Kier molecular flexibility index (Phi) is 3.97. The summed E-state index contributed by atoms with van der Waals surface area (Å²) in [5, 5.41) is 9.79. The van der Waals surface area contributed by atoms with Crippen LogP contribution in [0.2, 0.25) is 0 Å². The van der Waals surface area contributed by atoms with Gasteiger partial charge >= 0.3 is 5.97 Å². The number of halogens is 1. The Morgan fingerprint density at radius 1 is 1.44 bits per heavy atom. The first kappa shape index (κ1) is 13.0. The van der Waals surface area contributed by atoms with Gasteiger partial charge in [0.1, 0.15) is 5.82 Å². The van der Waals surface area contributed by atoms with Gasteiger partial charge in [-0.2, -0.15) is 0 Å². The van der Waals surface area contributed by atoms with Crippen molar-refractivity contribution in [2.45, 2.75) is 38.7 Å². The van der Waals surface area contributed by atoms with E-state index in [2.05, 4.69) is 0 Å². The van der Waals surface area contributed by atoms with Crippen LogP contribution < -0.4 is 0 Å². The number of fused-ring (bicyclic) bond motifs is 1. The first-order chi connectivity index (χ1) is 8.65. The molecule has 1 aromatic carbocycles. The summed E-state index contributed by atoms with van der Waals surface area (Å²) < 4.78 is 18.9. The van der Waals surface area contributed by atoms with Crippen LogP contribution in [0.3, 0.4) is 0 Å². The molecular formula is C14H17FO3. The number of hydrogen-bond donors (Lipinski definition) is 1. The predicted molar refractivity (Wildman–Crippen MR) is 64.6 cm³/mol. The minimum atomic E-state index is -1.53. The van der Waals surface area contributed by atoms with Crippen molar-refractivity contribution in [3.63, 3.8) is 0 Å². The minimum absolute atomic E-state index is 0.0223. The van der Waals surface area contributed by atoms with Crippen LogP contribution in [0, 0.1) is 5.82 Å². The average Bonchev–Trinajstić information content (AvgIpc) is 2.39. The molecule has 0 radical (unpaired) electrons. The van der Waals surface area contributed by atoms with E-state index in [1.54, 1.807) is 13.0 Å². The SMILES string of the molecule is CCOC(=O)C(O)c1ccc2c(c1F)CCCC2. The van der Waals surface area contributed by atoms with Crippen molar-refractivity contribution in [3.05, 3.63) is 34.6 Å².